The normalized spacial score (nSPS) is 11.1. The number of hydrogen-bond acceptors (Lipinski definition) is 2. The molecule has 0 aliphatic heterocycles. The van der Waals surface area contributed by atoms with Crippen molar-refractivity contribution in [3.05, 3.63) is 30.6 Å². The molecule has 0 atom stereocenters. The van der Waals surface area contributed by atoms with Crippen molar-refractivity contribution in [1.82, 2.24) is 9.55 Å². The van der Waals surface area contributed by atoms with Gasteiger partial charge in [0.15, 0.2) is 0 Å². The molecule has 1 aromatic heterocycles. The molecule has 0 aliphatic rings. The van der Waals surface area contributed by atoms with Gasteiger partial charge in [-0.1, -0.05) is 31.9 Å². The van der Waals surface area contributed by atoms with E-state index in [1.165, 1.54) is 12.8 Å². The number of fused-ring (bicyclic) bond motifs is 1. The second-order valence-electron chi connectivity index (χ2n) is 3.95. The summed E-state index contributed by atoms with van der Waals surface area (Å²) in [5.74, 6) is 0. The van der Waals surface area contributed by atoms with Gasteiger partial charge in [0.25, 0.3) is 0 Å². The first-order valence-electron chi connectivity index (χ1n) is 5.89. The smallest absolute Gasteiger partial charge is 0.124 e. The first-order chi connectivity index (χ1) is 7.92. The molecule has 16 heavy (non-hydrogen) atoms. The van der Waals surface area contributed by atoms with Gasteiger partial charge in [0.05, 0.1) is 17.4 Å². The lowest BCUT2D eigenvalue weighted by Gasteiger charge is -2.05. The molecule has 0 saturated heterocycles. The molecule has 0 saturated carbocycles. The summed E-state index contributed by atoms with van der Waals surface area (Å²) in [6.07, 6.45) is 5.45. The van der Waals surface area contributed by atoms with Crippen molar-refractivity contribution in [3.8, 4) is 0 Å². The third kappa shape index (κ3) is 2.61. The summed E-state index contributed by atoms with van der Waals surface area (Å²) in [4.78, 5) is 4.32. The minimum absolute atomic E-state index is 0.601. The van der Waals surface area contributed by atoms with Crippen LogP contribution in [0.5, 0.6) is 0 Å². The molecule has 0 unspecified atom stereocenters. The van der Waals surface area contributed by atoms with Gasteiger partial charge in [-0.2, -0.15) is 0 Å². The number of nitrogens with zero attached hydrogens (tertiary/aromatic N) is 2. The lowest BCUT2D eigenvalue weighted by Crippen LogP contribution is -2.02. The summed E-state index contributed by atoms with van der Waals surface area (Å²) in [6.45, 7) is 3.63. The number of benzene rings is 1. The quantitative estimate of drug-likeness (QED) is 0.696. The highest BCUT2D eigenvalue weighted by Crippen LogP contribution is 2.11. The van der Waals surface area contributed by atoms with Gasteiger partial charge in [-0.15, -0.1) is 0 Å². The number of unbranched alkanes of at least 4 members (excludes halogenated alkanes) is 2. The summed E-state index contributed by atoms with van der Waals surface area (Å²) < 4.78 is 7.65. The van der Waals surface area contributed by atoms with Crippen molar-refractivity contribution >= 4 is 11.0 Å². The second-order valence-corrected chi connectivity index (χ2v) is 3.95. The van der Waals surface area contributed by atoms with Crippen LogP contribution in [-0.4, -0.2) is 16.2 Å². The lowest BCUT2D eigenvalue weighted by molar-refractivity contribution is 0.0766. The summed E-state index contributed by atoms with van der Waals surface area (Å²) in [5.41, 5.74) is 2.16. The Morgan fingerprint density at radius 3 is 3.00 bits per heavy atom. The van der Waals surface area contributed by atoms with E-state index in [0.717, 1.165) is 24.1 Å². The Balaban J connectivity index is 1.89. The molecule has 1 aromatic carbocycles. The molecule has 0 bridgehead atoms. The number of hydrogen-bond donors (Lipinski definition) is 0. The molecular weight excluding hydrogens is 200 g/mol. The maximum absolute atomic E-state index is 5.61. The molecule has 0 fully saturated rings. The fourth-order valence-electron chi connectivity index (χ4n) is 1.73. The van der Waals surface area contributed by atoms with Gasteiger partial charge in [0.2, 0.25) is 0 Å². The van der Waals surface area contributed by atoms with Crippen molar-refractivity contribution in [1.29, 1.82) is 0 Å². The maximum atomic E-state index is 5.61. The molecule has 2 rings (SSSR count). The van der Waals surface area contributed by atoms with E-state index in [1.807, 2.05) is 29.1 Å². The van der Waals surface area contributed by atoms with Crippen LogP contribution >= 0.6 is 0 Å². The molecule has 1 heterocycles. The zero-order chi connectivity index (χ0) is 11.2. The van der Waals surface area contributed by atoms with Crippen molar-refractivity contribution in [2.45, 2.75) is 32.9 Å². The molecule has 3 heteroatoms. The van der Waals surface area contributed by atoms with E-state index in [9.17, 15) is 0 Å². The first kappa shape index (κ1) is 11.1. The van der Waals surface area contributed by atoms with Gasteiger partial charge < -0.3 is 9.30 Å². The molecular formula is C13H18N2O. The average molecular weight is 218 g/mol. The predicted molar refractivity (Wildman–Crippen MR) is 65.2 cm³/mol. The van der Waals surface area contributed by atoms with Gasteiger partial charge in [-0.25, -0.2) is 4.98 Å². The first-order valence-corrected chi connectivity index (χ1v) is 5.89. The monoisotopic (exact) mass is 218 g/mol. The van der Waals surface area contributed by atoms with Crippen molar-refractivity contribution in [2.75, 3.05) is 6.61 Å². The predicted octanol–water partition coefficient (Wildman–Crippen LogP) is 3.20. The number of para-hydroxylation sites is 2. The molecule has 0 aliphatic carbocycles. The van der Waals surface area contributed by atoms with Gasteiger partial charge in [-0.05, 0) is 18.6 Å². The Morgan fingerprint density at radius 2 is 2.12 bits per heavy atom. The molecule has 0 N–H and O–H groups in total. The number of rotatable bonds is 6. The number of imidazole rings is 1. The fourth-order valence-corrected chi connectivity index (χ4v) is 1.73. The van der Waals surface area contributed by atoms with Crippen LogP contribution in [-0.2, 0) is 11.5 Å². The molecule has 86 valence electrons. The van der Waals surface area contributed by atoms with Crippen LogP contribution in [0.15, 0.2) is 30.6 Å². The summed E-state index contributed by atoms with van der Waals surface area (Å²) in [7, 11) is 0. The van der Waals surface area contributed by atoms with E-state index in [-0.39, 0.29) is 0 Å². The number of ether oxygens (including phenoxy) is 1. The van der Waals surface area contributed by atoms with Crippen LogP contribution in [0.3, 0.4) is 0 Å². The van der Waals surface area contributed by atoms with Crippen LogP contribution < -0.4 is 0 Å². The van der Waals surface area contributed by atoms with Crippen molar-refractivity contribution in [2.24, 2.45) is 0 Å². The Kier molecular flexibility index (Phi) is 3.94. The highest BCUT2D eigenvalue weighted by Gasteiger charge is 2.00. The van der Waals surface area contributed by atoms with Crippen LogP contribution in [0.4, 0.5) is 0 Å². The van der Waals surface area contributed by atoms with E-state index < -0.39 is 0 Å². The van der Waals surface area contributed by atoms with Crippen LogP contribution in [0.1, 0.15) is 26.2 Å². The Bertz CT molecular complexity index is 436. The van der Waals surface area contributed by atoms with Gasteiger partial charge >= 0.3 is 0 Å². The third-order valence-electron chi connectivity index (χ3n) is 2.65. The van der Waals surface area contributed by atoms with E-state index >= 15 is 0 Å². The topological polar surface area (TPSA) is 27.1 Å². The molecule has 2 aromatic rings. The summed E-state index contributed by atoms with van der Waals surface area (Å²) in [5, 5.41) is 0. The minimum Gasteiger partial charge on any atom is -0.361 e. The third-order valence-corrected chi connectivity index (χ3v) is 2.65. The SMILES string of the molecule is CCCCCOCn1cnc2ccccc21. The zero-order valence-corrected chi connectivity index (χ0v) is 9.72. The van der Waals surface area contributed by atoms with E-state index in [1.54, 1.807) is 0 Å². The highest BCUT2D eigenvalue weighted by molar-refractivity contribution is 5.74. The van der Waals surface area contributed by atoms with E-state index in [2.05, 4.69) is 18.0 Å². The molecule has 0 spiro atoms. The standard InChI is InChI=1S/C13H18N2O/c1-2-3-6-9-16-11-15-10-14-12-7-4-5-8-13(12)15/h4-5,7-8,10H,2-3,6,9,11H2,1H3. The van der Waals surface area contributed by atoms with Gasteiger partial charge in [-0.3, -0.25) is 0 Å². The van der Waals surface area contributed by atoms with Crippen LogP contribution in [0, 0.1) is 0 Å². The molecule has 3 nitrogen and oxygen atoms in total. The van der Waals surface area contributed by atoms with Gasteiger partial charge in [0, 0.05) is 6.61 Å². The lowest BCUT2D eigenvalue weighted by atomic mass is 10.3. The Morgan fingerprint density at radius 1 is 1.25 bits per heavy atom. The van der Waals surface area contributed by atoms with Crippen molar-refractivity contribution < 1.29 is 4.74 Å². The van der Waals surface area contributed by atoms with E-state index in [4.69, 9.17) is 4.74 Å². The van der Waals surface area contributed by atoms with E-state index in [0.29, 0.717) is 6.73 Å². The average Bonchev–Trinajstić information content (AvgIpc) is 2.73. The summed E-state index contributed by atoms with van der Waals surface area (Å²) in [6, 6.07) is 8.11. The summed E-state index contributed by atoms with van der Waals surface area (Å²) >= 11 is 0. The Labute approximate surface area is 96.1 Å². The second kappa shape index (κ2) is 5.66. The van der Waals surface area contributed by atoms with Gasteiger partial charge in [0.1, 0.15) is 6.73 Å². The minimum atomic E-state index is 0.601. The maximum Gasteiger partial charge on any atom is 0.124 e. The molecule has 0 radical (unpaired) electrons. The van der Waals surface area contributed by atoms with Crippen LogP contribution in [0.2, 0.25) is 0 Å². The molecule has 0 amide bonds. The highest BCUT2D eigenvalue weighted by atomic mass is 16.5. The van der Waals surface area contributed by atoms with Crippen LogP contribution in [0.25, 0.3) is 11.0 Å². The Hall–Kier alpha value is -1.35. The number of aromatic nitrogens is 2. The fraction of sp³-hybridized carbons (Fsp3) is 0.462. The van der Waals surface area contributed by atoms with Crippen molar-refractivity contribution in [3.63, 3.8) is 0 Å². The zero-order valence-electron chi connectivity index (χ0n) is 9.72. The largest absolute Gasteiger partial charge is 0.361 e.